The third kappa shape index (κ3) is 4.89. The predicted molar refractivity (Wildman–Crippen MR) is 122 cm³/mol. The summed E-state index contributed by atoms with van der Waals surface area (Å²) in [6.07, 6.45) is 0. The van der Waals surface area contributed by atoms with Crippen molar-refractivity contribution in [1.29, 1.82) is 0 Å². The van der Waals surface area contributed by atoms with Crippen molar-refractivity contribution in [2.45, 2.75) is 18.4 Å². The number of aryl methyl sites for hydroxylation is 1. The summed E-state index contributed by atoms with van der Waals surface area (Å²) < 4.78 is 44.8. The molecule has 0 amide bonds. The van der Waals surface area contributed by atoms with Gasteiger partial charge in [-0.15, -0.1) is 0 Å². The van der Waals surface area contributed by atoms with Crippen LogP contribution in [0.15, 0.2) is 65.6 Å². The second-order valence-corrected chi connectivity index (χ2v) is 9.13. The molecule has 0 heterocycles. The summed E-state index contributed by atoms with van der Waals surface area (Å²) in [5, 5.41) is 0.574. The molecule has 0 aliphatic heterocycles. The Kier molecular flexibility index (Phi) is 6.97. The molecule has 0 N–H and O–H groups in total. The number of ether oxygens (including phenoxy) is 3. The molecule has 0 bridgehead atoms. The fraction of sp³-hybridized carbons (Fsp3) is 0.217. The molecule has 3 aromatic rings. The molecule has 3 rings (SSSR count). The first-order valence-electron chi connectivity index (χ1n) is 9.44. The van der Waals surface area contributed by atoms with Crippen molar-refractivity contribution in [3.63, 3.8) is 0 Å². The summed E-state index contributed by atoms with van der Waals surface area (Å²) in [6.45, 7) is 1.99. The van der Waals surface area contributed by atoms with Crippen molar-refractivity contribution in [2.24, 2.45) is 0 Å². The molecule has 3 aromatic carbocycles. The van der Waals surface area contributed by atoms with E-state index < -0.39 is 10.0 Å². The van der Waals surface area contributed by atoms with E-state index in [1.807, 2.05) is 6.92 Å². The van der Waals surface area contributed by atoms with Gasteiger partial charge in [0.05, 0.1) is 38.5 Å². The highest BCUT2D eigenvalue weighted by Gasteiger charge is 2.27. The standard InChI is InChI=1S/C23H24ClNO5S/c1-16-5-11-20(12-6-16)31(26,27)25(15-17-7-9-18(24)10-8-17)19-13-21(28-2)23(30-4)22(14-19)29-3/h5-14H,15H2,1-4H3. The average Bonchev–Trinajstić information content (AvgIpc) is 2.77. The van der Waals surface area contributed by atoms with Gasteiger partial charge in [0.2, 0.25) is 5.75 Å². The van der Waals surface area contributed by atoms with Gasteiger partial charge >= 0.3 is 0 Å². The summed E-state index contributed by atoms with van der Waals surface area (Å²) in [7, 11) is 0.565. The van der Waals surface area contributed by atoms with Crippen molar-refractivity contribution in [3.05, 3.63) is 76.8 Å². The van der Waals surface area contributed by atoms with Gasteiger partial charge in [-0.2, -0.15) is 0 Å². The highest BCUT2D eigenvalue weighted by molar-refractivity contribution is 7.92. The third-order valence-electron chi connectivity index (χ3n) is 4.79. The van der Waals surface area contributed by atoms with E-state index in [1.54, 1.807) is 60.7 Å². The van der Waals surface area contributed by atoms with Crippen molar-refractivity contribution in [2.75, 3.05) is 25.6 Å². The zero-order chi connectivity index (χ0) is 22.6. The van der Waals surface area contributed by atoms with Gasteiger partial charge in [-0.3, -0.25) is 4.31 Å². The van der Waals surface area contributed by atoms with E-state index in [2.05, 4.69) is 0 Å². The van der Waals surface area contributed by atoms with Crippen LogP contribution in [0.4, 0.5) is 5.69 Å². The Bertz CT molecular complexity index is 1120. The molecule has 31 heavy (non-hydrogen) atoms. The lowest BCUT2D eigenvalue weighted by molar-refractivity contribution is 0.324. The molecular formula is C23H24ClNO5S. The van der Waals surface area contributed by atoms with Crippen LogP contribution in [-0.4, -0.2) is 29.7 Å². The number of hydrogen-bond acceptors (Lipinski definition) is 5. The Morgan fingerprint density at radius 2 is 1.39 bits per heavy atom. The fourth-order valence-corrected chi connectivity index (χ4v) is 4.68. The smallest absolute Gasteiger partial charge is 0.264 e. The van der Waals surface area contributed by atoms with Crippen LogP contribution in [0.1, 0.15) is 11.1 Å². The molecule has 0 radical (unpaired) electrons. The minimum atomic E-state index is -3.90. The normalized spacial score (nSPS) is 11.1. The summed E-state index contributed by atoms with van der Waals surface area (Å²) in [5.41, 5.74) is 2.12. The van der Waals surface area contributed by atoms with E-state index in [-0.39, 0.29) is 11.4 Å². The summed E-state index contributed by atoms with van der Waals surface area (Å²) in [4.78, 5) is 0.181. The van der Waals surface area contributed by atoms with Crippen molar-refractivity contribution in [3.8, 4) is 17.2 Å². The molecular weight excluding hydrogens is 438 g/mol. The highest BCUT2D eigenvalue weighted by atomic mass is 35.5. The van der Waals surface area contributed by atoms with E-state index in [9.17, 15) is 8.42 Å². The molecule has 0 unspecified atom stereocenters. The maximum atomic E-state index is 13.7. The Morgan fingerprint density at radius 3 is 1.87 bits per heavy atom. The lowest BCUT2D eigenvalue weighted by atomic mass is 10.2. The first-order valence-corrected chi connectivity index (χ1v) is 11.3. The van der Waals surface area contributed by atoms with Gasteiger partial charge in [0.15, 0.2) is 11.5 Å². The number of rotatable bonds is 8. The van der Waals surface area contributed by atoms with E-state index in [0.717, 1.165) is 11.1 Å². The van der Waals surface area contributed by atoms with Crippen LogP contribution in [0, 0.1) is 6.92 Å². The number of sulfonamides is 1. The lowest BCUT2D eigenvalue weighted by Gasteiger charge is -2.26. The predicted octanol–water partition coefficient (Wildman–Crippen LogP) is 5.07. The Hall–Kier alpha value is -2.90. The van der Waals surface area contributed by atoms with Crippen LogP contribution in [0.2, 0.25) is 5.02 Å². The molecule has 0 atom stereocenters. The Labute approximate surface area is 188 Å². The molecule has 0 aliphatic rings. The monoisotopic (exact) mass is 461 g/mol. The van der Waals surface area contributed by atoms with Crippen molar-refractivity contribution in [1.82, 2.24) is 0 Å². The minimum Gasteiger partial charge on any atom is -0.493 e. The van der Waals surface area contributed by atoms with E-state index in [0.29, 0.717) is 28.0 Å². The van der Waals surface area contributed by atoms with Crippen LogP contribution < -0.4 is 18.5 Å². The van der Waals surface area contributed by atoms with Gasteiger partial charge in [0.1, 0.15) is 0 Å². The van der Waals surface area contributed by atoms with Gasteiger partial charge in [-0.05, 0) is 36.8 Å². The molecule has 0 spiro atoms. The lowest BCUT2D eigenvalue weighted by Crippen LogP contribution is -2.30. The molecule has 8 heteroatoms. The van der Waals surface area contributed by atoms with E-state index >= 15 is 0 Å². The SMILES string of the molecule is COc1cc(N(Cc2ccc(Cl)cc2)S(=O)(=O)c2ccc(C)cc2)cc(OC)c1OC. The number of hydrogen-bond donors (Lipinski definition) is 0. The van der Waals surface area contributed by atoms with Crippen LogP contribution in [0.25, 0.3) is 0 Å². The first kappa shape index (κ1) is 22.8. The van der Waals surface area contributed by atoms with Crippen LogP contribution >= 0.6 is 11.6 Å². The Morgan fingerprint density at radius 1 is 0.839 bits per heavy atom. The third-order valence-corrected chi connectivity index (χ3v) is 6.83. The van der Waals surface area contributed by atoms with Crippen molar-refractivity contribution >= 4 is 27.3 Å². The zero-order valence-electron chi connectivity index (χ0n) is 17.8. The molecule has 0 aliphatic carbocycles. The molecule has 0 aromatic heterocycles. The fourth-order valence-electron chi connectivity index (χ4n) is 3.12. The van der Waals surface area contributed by atoms with Gasteiger partial charge < -0.3 is 14.2 Å². The molecule has 0 fully saturated rings. The maximum absolute atomic E-state index is 13.7. The Balaban J connectivity index is 2.18. The zero-order valence-corrected chi connectivity index (χ0v) is 19.3. The van der Waals surface area contributed by atoms with Gasteiger partial charge in [-0.1, -0.05) is 41.4 Å². The molecule has 164 valence electrons. The topological polar surface area (TPSA) is 65.1 Å². The largest absolute Gasteiger partial charge is 0.493 e. The first-order chi connectivity index (χ1) is 14.8. The van der Waals surface area contributed by atoms with E-state index in [4.69, 9.17) is 25.8 Å². The number of anilines is 1. The maximum Gasteiger partial charge on any atom is 0.264 e. The van der Waals surface area contributed by atoms with Crippen LogP contribution in [0.5, 0.6) is 17.2 Å². The quantitative estimate of drug-likeness (QED) is 0.468. The van der Waals surface area contributed by atoms with Crippen LogP contribution in [0.3, 0.4) is 0 Å². The van der Waals surface area contributed by atoms with Gasteiger partial charge in [0.25, 0.3) is 10.0 Å². The van der Waals surface area contributed by atoms with Gasteiger partial charge in [0, 0.05) is 17.2 Å². The minimum absolute atomic E-state index is 0.0893. The van der Waals surface area contributed by atoms with E-state index in [1.165, 1.54) is 25.6 Å². The van der Waals surface area contributed by atoms with Crippen molar-refractivity contribution < 1.29 is 22.6 Å². The summed E-state index contributed by atoms with van der Waals surface area (Å²) in [6, 6.07) is 17.0. The average molecular weight is 462 g/mol. The molecule has 6 nitrogen and oxygen atoms in total. The summed E-state index contributed by atoms with van der Waals surface area (Å²) >= 11 is 6.00. The number of nitrogens with zero attached hydrogens (tertiary/aromatic N) is 1. The number of benzene rings is 3. The molecule has 0 saturated heterocycles. The highest BCUT2D eigenvalue weighted by Crippen LogP contribution is 2.42. The number of halogens is 1. The van der Waals surface area contributed by atoms with Gasteiger partial charge in [-0.25, -0.2) is 8.42 Å². The second kappa shape index (κ2) is 9.49. The summed E-state index contributed by atoms with van der Waals surface area (Å²) in [5.74, 6) is 1.10. The molecule has 0 saturated carbocycles. The second-order valence-electron chi connectivity index (χ2n) is 6.83. The van der Waals surface area contributed by atoms with Crippen LogP contribution in [-0.2, 0) is 16.6 Å². The number of methoxy groups -OCH3 is 3.